The maximum Gasteiger partial charge on any atom is 0.258 e. The number of H-pyrrole nitrogens is 1. The van der Waals surface area contributed by atoms with E-state index in [4.69, 9.17) is 11.6 Å². The minimum atomic E-state index is -3.92. The van der Waals surface area contributed by atoms with Crippen LogP contribution in [0.15, 0.2) is 57.8 Å². The number of nitrogens with one attached hydrogen (secondary N) is 2. The van der Waals surface area contributed by atoms with E-state index in [0.717, 1.165) is 21.4 Å². The van der Waals surface area contributed by atoms with Crippen molar-refractivity contribution in [1.82, 2.24) is 20.2 Å². The smallest absolute Gasteiger partial charge is 0.258 e. The van der Waals surface area contributed by atoms with Crippen LogP contribution in [0.3, 0.4) is 0 Å². The van der Waals surface area contributed by atoms with Crippen LogP contribution in [0.5, 0.6) is 0 Å². The standard InChI is InChI=1S/C21H17ClN4O4S2/c22-14-3-1-12-8-19(31-17(12)9-14)32(29,30)21(26-6-5-23-18(27)10-26)13-2-4-15-16(7-13)24-11-25-20(15)28/h1-4,7-9,11,21H,5-6,10H2,(H,23,27)(H,24,25,28). The molecule has 3 heterocycles. The fourth-order valence-corrected chi connectivity index (χ4v) is 7.58. The highest BCUT2D eigenvalue weighted by Gasteiger charge is 2.38. The van der Waals surface area contributed by atoms with Crippen LogP contribution in [0.4, 0.5) is 0 Å². The lowest BCUT2D eigenvalue weighted by molar-refractivity contribution is -0.124. The van der Waals surface area contributed by atoms with E-state index in [9.17, 15) is 18.0 Å². The Hall–Kier alpha value is -2.79. The second-order valence-corrected chi connectivity index (χ2v) is 11.2. The Labute approximate surface area is 191 Å². The number of fused-ring (bicyclic) bond motifs is 2. The average molecular weight is 489 g/mol. The summed E-state index contributed by atoms with van der Waals surface area (Å²) in [5.74, 6) is -0.241. The summed E-state index contributed by atoms with van der Waals surface area (Å²) in [6.07, 6.45) is 1.28. The van der Waals surface area contributed by atoms with E-state index >= 15 is 0 Å². The van der Waals surface area contributed by atoms with Gasteiger partial charge < -0.3 is 10.3 Å². The number of aromatic nitrogens is 2. The van der Waals surface area contributed by atoms with Crippen molar-refractivity contribution in [2.45, 2.75) is 9.58 Å². The number of amides is 1. The zero-order chi connectivity index (χ0) is 22.5. The van der Waals surface area contributed by atoms with Crippen molar-refractivity contribution >= 4 is 59.7 Å². The summed E-state index contributed by atoms with van der Waals surface area (Å²) in [4.78, 5) is 32.5. The molecule has 164 valence electrons. The molecule has 4 aromatic rings. The second kappa shape index (κ2) is 7.96. The molecule has 2 aromatic carbocycles. The molecular formula is C21H17ClN4O4S2. The van der Waals surface area contributed by atoms with Crippen LogP contribution >= 0.6 is 22.9 Å². The Morgan fingerprint density at radius 3 is 2.78 bits per heavy atom. The average Bonchev–Trinajstić information content (AvgIpc) is 3.18. The molecule has 1 unspecified atom stereocenters. The van der Waals surface area contributed by atoms with Crippen molar-refractivity contribution in [2.75, 3.05) is 19.6 Å². The van der Waals surface area contributed by atoms with Gasteiger partial charge >= 0.3 is 0 Å². The number of nitrogens with zero attached hydrogens (tertiary/aromatic N) is 2. The van der Waals surface area contributed by atoms with Gasteiger partial charge in [0, 0.05) is 22.8 Å². The van der Waals surface area contributed by atoms with E-state index in [2.05, 4.69) is 15.3 Å². The molecule has 5 rings (SSSR count). The SMILES string of the molecule is O=C1CN(C(c2ccc3c(=O)[nH]cnc3c2)S(=O)(=O)c2cc3ccc(Cl)cc3s2)CCN1. The van der Waals surface area contributed by atoms with Gasteiger partial charge in [0.25, 0.3) is 5.56 Å². The molecule has 32 heavy (non-hydrogen) atoms. The van der Waals surface area contributed by atoms with Crippen molar-refractivity contribution in [3.63, 3.8) is 0 Å². The first-order chi connectivity index (χ1) is 15.3. The number of hydrogen-bond donors (Lipinski definition) is 2. The zero-order valence-electron chi connectivity index (χ0n) is 16.5. The van der Waals surface area contributed by atoms with Gasteiger partial charge in [-0.1, -0.05) is 23.7 Å². The van der Waals surface area contributed by atoms with Crippen LogP contribution in [0.2, 0.25) is 5.02 Å². The summed E-state index contributed by atoms with van der Waals surface area (Å²) in [7, 11) is -3.92. The van der Waals surface area contributed by atoms with E-state index in [-0.39, 0.29) is 22.2 Å². The van der Waals surface area contributed by atoms with E-state index in [1.165, 1.54) is 6.33 Å². The summed E-state index contributed by atoms with van der Waals surface area (Å²) in [5, 5.41) is 3.29. The largest absolute Gasteiger partial charge is 0.354 e. The first-order valence-corrected chi connectivity index (χ1v) is 12.5. The molecule has 0 radical (unpaired) electrons. The number of carbonyl (C=O) groups excluding carboxylic acids is 1. The monoisotopic (exact) mass is 488 g/mol. The third kappa shape index (κ3) is 3.69. The molecule has 2 N–H and O–H groups in total. The molecule has 1 amide bonds. The minimum Gasteiger partial charge on any atom is -0.354 e. The number of halogens is 1. The molecule has 8 nitrogen and oxygen atoms in total. The molecule has 0 bridgehead atoms. The number of piperazine rings is 1. The van der Waals surface area contributed by atoms with Gasteiger partial charge in [-0.2, -0.15) is 0 Å². The first-order valence-electron chi connectivity index (χ1n) is 9.74. The lowest BCUT2D eigenvalue weighted by Crippen LogP contribution is -2.50. The van der Waals surface area contributed by atoms with E-state index in [1.54, 1.807) is 47.4 Å². The molecule has 2 aromatic heterocycles. The van der Waals surface area contributed by atoms with Gasteiger partial charge in [0.1, 0.15) is 9.58 Å². The third-order valence-electron chi connectivity index (χ3n) is 5.38. The van der Waals surface area contributed by atoms with E-state index < -0.39 is 15.2 Å². The first kappa shape index (κ1) is 21.1. The van der Waals surface area contributed by atoms with Gasteiger partial charge in [0.05, 0.1) is 23.8 Å². The Balaban J connectivity index is 1.68. The van der Waals surface area contributed by atoms with Crippen LogP contribution in [0.1, 0.15) is 10.9 Å². The summed E-state index contributed by atoms with van der Waals surface area (Å²) < 4.78 is 28.8. The lowest BCUT2D eigenvalue weighted by atomic mass is 10.1. The quantitative estimate of drug-likeness (QED) is 0.456. The Morgan fingerprint density at radius 2 is 1.97 bits per heavy atom. The van der Waals surface area contributed by atoms with Crippen LogP contribution in [-0.4, -0.2) is 48.8 Å². The molecule has 1 atom stereocenters. The molecule has 1 saturated heterocycles. The van der Waals surface area contributed by atoms with Gasteiger partial charge in [-0.25, -0.2) is 13.4 Å². The van der Waals surface area contributed by atoms with Gasteiger partial charge in [0.2, 0.25) is 15.7 Å². The highest BCUT2D eigenvalue weighted by atomic mass is 35.5. The number of rotatable bonds is 4. The third-order valence-corrected chi connectivity index (χ3v) is 9.30. The molecule has 1 aliphatic heterocycles. The number of carbonyl (C=O) groups is 1. The van der Waals surface area contributed by atoms with Crippen LogP contribution in [-0.2, 0) is 14.6 Å². The number of benzene rings is 2. The van der Waals surface area contributed by atoms with Gasteiger partial charge in [0.15, 0.2) is 0 Å². The minimum absolute atomic E-state index is 0.0541. The fourth-order valence-electron chi connectivity index (χ4n) is 3.91. The maximum absolute atomic E-state index is 13.9. The van der Waals surface area contributed by atoms with Crippen molar-refractivity contribution < 1.29 is 13.2 Å². The van der Waals surface area contributed by atoms with Crippen molar-refractivity contribution in [1.29, 1.82) is 0 Å². The number of aromatic amines is 1. The molecule has 1 aliphatic rings. The fraction of sp³-hybridized carbons (Fsp3) is 0.190. The predicted molar refractivity (Wildman–Crippen MR) is 124 cm³/mol. The van der Waals surface area contributed by atoms with Crippen molar-refractivity contribution in [3.05, 3.63) is 69.7 Å². The molecule has 0 aliphatic carbocycles. The summed E-state index contributed by atoms with van der Waals surface area (Å²) >= 11 is 7.22. The highest BCUT2D eigenvalue weighted by molar-refractivity contribution is 7.93. The Kier molecular flexibility index (Phi) is 5.25. The lowest BCUT2D eigenvalue weighted by Gasteiger charge is -2.33. The molecule has 11 heteroatoms. The molecular weight excluding hydrogens is 472 g/mol. The Bertz CT molecular complexity index is 1530. The topological polar surface area (TPSA) is 112 Å². The molecule has 1 fully saturated rings. The summed E-state index contributed by atoms with van der Waals surface area (Å²) in [6.45, 7) is 0.660. The normalized spacial score (nSPS) is 16.3. The maximum atomic E-state index is 13.9. The predicted octanol–water partition coefficient (Wildman–Crippen LogP) is 2.70. The molecule has 0 spiro atoms. The zero-order valence-corrected chi connectivity index (χ0v) is 18.9. The van der Waals surface area contributed by atoms with E-state index in [1.807, 2.05) is 0 Å². The second-order valence-electron chi connectivity index (χ2n) is 7.47. The molecule has 0 saturated carbocycles. The number of hydrogen-bond acceptors (Lipinski definition) is 7. The Morgan fingerprint density at radius 1 is 1.12 bits per heavy atom. The summed E-state index contributed by atoms with van der Waals surface area (Å²) in [6, 6.07) is 11.6. The summed E-state index contributed by atoms with van der Waals surface area (Å²) in [5.41, 5.74) is 0.525. The van der Waals surface area contributed by atoms with Crippen LogP contribution < -0.4 is 10.9 Å². The van der Waals surface area contributed by atoms with Crippen molar-refractivity contribution in [2.24, 2.45) is 0 Å². The van der Waals surface area contributed by atoms with Gasteiger partial charge in [-0.3, -0.25) is 14.5 Å². The van der Waals surface area contributed by atoms with Gasteiger partial charge in [-0.15, -0.1) is 11.3 Å². The number of thiophene rings is 1. The highest BCUT2D eigenvalue weighted by Crippen LogP contribution is 2.39. The van der Waals surface area contributed by atoms with Crippen LogP contribution in [0, 0.1) is 0 Å². The van der Waals surface area contributed by atoms with Crippen molar-refractivity contribution in [3.8, 4) is 0 Å². The van der Waals surface area contributed by atoms with Crippen LogP contribution in [0.25, 0.3) is 21.0 Å². The van der Waals surface area contributed by atoms with E-state index in [0.29, 0.717) is 34.6 Å². The number of sulfone groups is 1. The van der Waals surface area contributed by atoms with Gasteiger partial charge in [-0.05, 0) is 41.3 Å².